The Balaban J connectivity index is 1.49. The van der Waals surface area contributed by atoms with Gasteiger partial charge in [-0.1, -0.05) is 23.7 Å². The summed E-state index contributed by atoms with van der Waals surface area (Å²) in [6.45, 7) is 5.25. The van der Waals surface area contributed by atoms with E-state index in [0.717, 1.165) is 35.3 Å². The maximum atomic E-state index is 13.0. The zero-order valence-electron chi connectivity index (χ0n) is 21.2. The number of pyridine rings is 1. The smallest absolute Gasteiger partial charge is 0.320 e. The monoisotopic (exact) mass is 525 g/mol. The number of nitrogens with two attached hydrogens (primary N) is 1. The molecular weight excluding hydrogens is 494 g/mol. The third-order valence-corrected chi connectivity index (χ3v) is 7.18. The number of aromatic nitrogens is 1. The second-order valence-electron chi connectivity index (χ2n) is 9.17. The summed E-state index contributed by atoms with van der Waals surface area (Å²) >= 11 is 6.32. The number of carbonyl (C=O) groups excluding carboxylic acids is 1. The van der Waals surface area contributed by atoms with Gasteiger partial charge >= 0.3 is 6.03 Å². The van der Waals surface area contributed by atoms with Crippen molar-refractivity contribution in [2.24, 2.45) is 0 Å². The van der Waals surface area contributed by atoms with E-state index in [0.29, 0.717) is 73.7 Å². The molecule has 2 aliphatic rings. The van der Waals surface area contributed by atoms with Crippen molar-refractivity contribution in [2.45, 2.75) is 6.42 Å². The zero-order chi connectivity index (χ0) is 25.9. The molecule has 2 aliphatic heterocycles. The van der Waals surface area contributed by atoms with E-state index < -0.39 is 0 Å². The third-order valence-electron chi connectivity index (χ3n) is 6.94. The fraction of sp³-hybridized carbons (Fsp3) is 0.407. The van der Waals surface area contributed by atoms with Gasteiger partial charge in [0, 0.05) is 73.1 Å². The standard InChI is InChI=1S/C27H32ClN5O4/c1-35-22-17-21-25(24(26(22)36-2)18-5-3-6-19(28)15-18)20(29)16-23(30-21)31-7-4-8-32(10-9-31)27(34)33-11-13-37-14-12-33/h3,5-6,15-17H,4,7-14H2,1-2H3,(H2,29,30). The predicted octanol–water partition coefficient (Wildman–Crippen LogP) is 4.12. The maximum absolute atomic E-state index is 13.0. The highest BCUT2D eigenvalue weighted by atomic mass is 35.5. The predicted molar refractivity (Wildman–Crippen MR) is 146 cm³/mol. The van der Waals surface area contributed by atoms with Crippen molar-refractivity contribution in [1.82, 2.24) is 14.8 Å². The van der Waals surface area contributed by atoms with Crippen LogP contribution < -0.4 is 20.1 Å². The first-order valence-electron chi connectivity index (χ1n) is 12.5. The first-order chi connectivity index (χ1) is 18.0. The van der Waals surface area contributed by atoms with E-state index in [1.807, 2.05) is 46.2 Å². The molecule has 1 aromatic heterocycles. The minimum absolute atomic E-state index is 0.0825. The lowest BCUT2D eigenvalue weighted by Crippen LogP contribution is -2.49. The van der Waals surface area contributed by atoms with Crippen LogP contribution in [-0.4, -0.2) is 87.5 Å². The summed E-state index contributed by atoms with van der Waals surface area (Å²) in [7, 11) is 3.21. The van der Waals surface area contributed by atoms with Gasteiger partial charge in [-0.3, -0.25) is 0 Å². The molecule has 0 bridgehead atoms. The maximum Gasteiger partial charge on any atom is 0.320 e. The van der Waals surface area contributed by atoms with Gasteiger partial charge < -0.3 is 34.6 Å². The molecular formula is C27H32ClN5O4. The van der Waals surface area contributed by atoms with Crippen LogP contribution in [0.4, 0.5) is 16.3 Å². The molecule has 3 heterocycles. The molecule has 10 heteroatoms. The highest BCUT2D eigenvalue weighted by Gasteiger charge is 2.26. The quantitative estimate of drug-likeness (QED) is 0.547. The molecule has 9 nitrogen and oxygen atoms in total. The van der Waals surface area contributed by atoms with Crippen molar-refractivity contribution in [2.75, 3.05) is 77.3 Å². The van der Waals surface area contributed by atoms with Crippen LogP contribution in [0.25, 0.3) is 22.0 Å². The van der Waals surface area contributed by atoms with E-state index in [1.54, 1.807) is 14.2 Å². The minimum atomic E-state index is 0.0825. The number of hydrogen-bond donors (Lipinski definition) is 1. The number of ether oxygens (including phenoxy) is 3. The number of halogens is 1. The Morgan fingerprint density at radius 3 is 2.51 bits per heavy atom. The number of hydrogen-bond acceptors (Lipinski definition) is 7. The lowest BCUT2D eigenvalue weighted by molar-refractivity contribution is 0.0438. The number of morpholine rings is 1. The second kappa shape index (κ2) is 10.9. The molecule has 2 amide bonds. The van der Waals surface area contributed by atoms with Gasteiger partial charge in [-0.2, -0.15) is 0 Å². The molecule has 0 aliphatic carbocycles. The van der Waals surface area contributed by atoms with Gasteiger partial charge in [0.05, 0.1) is 33.0 Å². The third kappa shape index (κ3) is 5.06. The molecule has 0 atom stereocenters. The van der Waals surface area contributed by atoms with Crippen LogP contribution >= 0.6 is 11.6 Å². The van der Waals surface area contributed by atoms with E-state index in [-0.39, 0.29) is 6.03 Å². The largest absolute Gasteiger partial charge is 0.493 e. The number of urea groups is 1. The summed E-state index contributed by atoms with van der Waals surface area (Å²) in [5.74, 6) is 1.91. The van der Waals surface area contributed by atoms with Crippen molar-refractivity contribution < 1.29 is 19.0 Å². The number of rotatable bonds is 4. The van der Waals surface area contributed by atoms with Crippen LogP contribution in [0.15, 0.2) is 36.4 Å². The summed E-state index contributed by atoms with van der Waals surface area (Å²) in [5.41, 5.74) is 9.62. The number of nitrogens with zero attached hydrogens (tertiary/aromatic N) is 4. The Morgan fingerprint density at radius 1 is 1.00 bits per heavy atom. The summed E-state index contributed by atoms with van der Waals surface area (Å²) in [5, 5.41) is 1.39. The molecule has 2 aromatic carbocycles. The van der Waals surface area contributed by atoms with Crippen molar-refractivity contribution >= 4 is 40.0 Å². The van der Waals surface area contributed by atoms with Gasteiger partial charge in [-0.25, -0.2) is 9.78 Å². The summed E-state index contributed by atoms with van der Waals surface area (Å²) < 4.78 is 16.8. The Bertz CT molecular complexity index is 1300. The van der Waals surface area contributed by atoms with Crippen molar-refractivity contribution in [1.29, 1.82) is 0 Å². The molecule has 3 aromatic rings. The Labute approximate surface area is 221 Å². The van der Waals surface area contributed by atoms with E-state index in [9.17, 15) is 4.79 Å². The van der Waals surface area contributed by atoms with Crippen molar-refractivity contribution in [3.63, 3.8) is 0 Å². The van der Waals surface area contributed by atoms with Crippen LogP contribution in [0.2, 0.25) is 5.02 Å². The second-order valence-corrected chi connectivity index (χ2v) is 9.61. The summed E-state index contributed by atoms with van der Waals surface area (Å²) in [4.78, 5) is 24.0. The van der Waals surface area contributed by atoms with Crippen LogP contribution in [0.3, 0.4) is 0 Å². The first kappa shape index (κ1) is 25.2. The van der Waals surface area contributed by atoms with Gasteiger partial charge in [-0.15, -0.1) is 0 Å². The van der Waals surface area contributed by atoms with Gasteiger partial charge in [0.15, 0.2) is 11.5 Å². The highest BCUT2D eigenvalue weighted by Crippen LogP contribution is 2.46. The van der Waals surface area contributed by atoms with Gasteiger partial charge in [-0.05, 0) is 24.1 Å². The molecule has 2 saturated heterocycles. The van der Waals surface area contributed by atoms with E-state index in [2.05, 4.69) is 4.90 Å². The molecule has 5 rings (SSSR count). The van der Waals surface area contributed by atoms with E-state index in [1.165, 1.54) is 0 Å². The van der Waals surface area contributed by atoms with Crippen molar-refractivity contribution in [3.05, 3.63) is 41.4 Å². The molecule has 0 saturated carbocycles. The topological polar surface area (TPSA) is 93.4 Å². The number of nitrogen functional groups attached to an aromatic ring is 1. The molecule has 37 heavy (non-hydrogen) atoms. The minimum Gasteiger partial charge on any atom is -0.493 e. The molecule has 2 N–H and O–H groups in total. The normalized spacial score (nSPS) is 16.6. The van der Waals surface area contributed by atoms with Gasteiger partial charge in [0.1, 0.15) is 5.82 Å². The SMILES string of the molecule is COc1cc2nc(N3CCCN(C(=O)N4CCOCC4)CC3)cc(N)c2c(-c2cccc(Cl)c2)c1OC. The fourth-order valence-electron chi connectivity index (χ4n) is 5.10. The molecule has 0 unspecified atom stereocenters. The van der Waals surface area contributed by atoms with Gasteiger partial charge in [0.2, 0.25) is 0 Å². The Kier molecular flexibility index (Phi) is 7.43. The number of benzene rings is 2. The number of anilines is 2. The molecule has 2 fully saturated rings. The van der Waals surface area contributed by atoms with E-state index >= 15 is 0 Å². The Hall–Kier alpha value is -3.43. The number of methoxy groups -OCH3 is 2. The molecule has 196 valence electrons. The average Bonchev–Trinajstić information content (AvgIpc) is 3.18. The van der Waals surface area contributed by atoms with Crippen molar-refractivity contribution in [3.8, 4) is 22.6 Å². The molecule has 0 spiro atoms. The highest BCUT2D eigenvalue weighted by molar-refractivity contribution is 6.31. The Morgan fingerprint density at radius 2 is 1.78 bits per heavy atom. The summed E-state index contributed by atoms with van der Waals surface area (Å²) in [6.07, 6.45) is 0.843. The fourth-order valence-corrected chi connectivity index (χ4v) is 5.29. The zero-order valence-corrected chi connectivity index (χ0v) is 22.0. The molecule has 0 radical (unpaired) electrons. The van der Waals surface area contributed by atoms with Gasteiger partial charge in [0.25, 0.3) is 0 Å². The van der Waals surface area contributed by atoms with Crippen LogP contribution in [0, 0.1) is 0 Å². The van der Waals surface area contributed by atoms with Crippen LogP contribution in [0.5, 0.6) is 11.5 Å². The lowest BCUT2D eigenvalue weighted by atomic mass is 9.97. The van der Waals surface area contributed by atoms with Crippen LogP contribution in [-0.2, 0) is 4.74 Å². The first-order valence-corrected chi connectivity index (χ1v) is 12.9. The number of amides is 2. The number of fused-ring (bicyclic) bond motifs is 1. The number of carbonyl (C=O) groups is 1. The average molecular weight is 526 g/mol. The lowest BCUT2D eigenvalue weighted by Gasteiger charge is -2.32. The summed E-state index contributed by atoms with van der Waals surface area (Å²) in [6, 6.07) is 11.4. The van der Waals surface area contributed by atoms with E-state index in [4.69, 9.17) is 36.5 Å². The van der Waals surface area contributed by atoms with Crippen LogP contribution in [0.1, 0.15) is 6.42 Å².